The van der Waals surface area contributed by atoms with Crippen LogP contribution < -0.4 is 0 Å². The van der Waals surface area contributed by atoms with E-state index < -0.39 is 5.97 Å². The SMILES string of the molecule is Cc1ccc(C)c(-n2nnnc2SCC(=O)OCC(=O)N2CCCC[C@H]2C)c1. The third-order valence-electron chi connectivity index (χ3n) is 4.83. The first-order valence-electron chi connectivity index (χ1n) is 9.39. The predicted molar refractivity (Wildman–Crippen MR) is 105 cm³/mol. The van der Waals surface area contributed by atoms with Gasteiger partial charge in [-0.1, -0.05) is 23.9 Å². The molecule has 1 aliphatic heterocycles. The second kappa shape index (κ2) is 9.18. The first-order chi connectivity index (χ1) is 13.5. The van der Waals surface area contributed by atoms with Crippen molar-refractivity contribution in [2.75, 3.05) is 18.9 Å². The monoisotopic (exact) mass is 403 g/mol. The van der Waals surface area contributed by atoms with Crippen LogP contribution in [0.25, 0.3) is 5.69 Å². The van der Waals surface area contributed by atoms with Crippen LogP contribution in [0.1, 0.15) is 37.3 Å². The van der Waals surface area contributed by atoms with Crippen LogP contribution in [0.15, 0.2) is 23.4 Å². The first kappa shape index (κ1) is 20.3. The van der Waals surface area contributed by atoms with E-state index in [-0.39, 0.29) is 24.3 Å². The highest BCUT2D eigenvalue weighted by atomic mass is 32.2. The van der Waals surface area contributed by atoms with Gasteiger partial charge in [-0.05, 0) is 67.7 Å². The van der Waals surface area contributed by atoms with E-state index in [9.17, 15) is 9.59 Å². The lowest BCUT2D eigenvalue weighted by Gasteiger charge is -2.33. The Labute approximate surface area is 168 Å². The minimum atomic E-state index is -0.460. The zero-order valence-electron chi connectivity index (χ0n) is 16.4. The van der Waals surface area contributed by atoms with Gasteiger partial charge >= 0.3 is 5.97 Å². The number of likely N-dealkylation sites (tertiary alicyclic amines) is 1. The number of hydrogen-bond acceptors (Lipinski definition) is 7. The molecule has 1 aliphatic rings. The van der Waals surface area contributed by atoms with Crippen molar-refractivity contribution in [2.24, 2.45) is 0 Å². The molecule has 1 aromatic heterocycles. The number of piperidine rings is 1. The average Bonchev–Trinajstić information content (AvgIpc) is 3.15. The average molecular weight is 404 g/mol. The molecule has 3 rings (SSSR count). The second-order valence-corrected chi connectivity index (χ2v) is 7.99. The zero-order chi connectivity index (χ0) is 20.1. The number of nitrogens with zero attached hydrogens (tertiary/aromatic N) is 5. The number of hydrogen-bond donors (Lipinski definition) is 0. The lowest BCUT2D eigenvalue weighted by atomic mass is 10.0. The number of aromatic nitrogens is 4. The van der Waals surface area contributed by atoms with Crippen LogP contribution in [0.4, 0.5) is 0 Å². The Morgan fingerprint density at radius 1 is 1.29 bits per heavy atom. The quantitative estimate of drug-likeness (QED) is 0.540. The van der Waals surface area contributed by atoms with E-state index in [1.54, 1.807) is 9.58 Å². The Bertz CT molecular complexity index is 854. The number of esters is 1. The number of carbonyl (C=O) groups is 2. The smallest absolute Gasteiger partial charge is 0.316 e. The fourth-order valence-corrected chi connectivity index (χ4v) is 3.91. The zero-order valence-corrected chi connectivity index (χ0v) is 17.2. The van der Waals surface area contributed by atoms with Gasteiger partial charge in [0.1, 0.15) is 0 Å². The molecule has 9 heteroatoms. The van der Waals surface area contributed by atoms with Crippen molar-refractivity contribution in [3.8, 4) is 5.69 Å². The third-order valence-corrected chi connectivity index (χ3v) is 5.73. The van der Waals surface area contributed by atoms with Crippen molar-refractivity contribution in [2.45, 2.75) is 51.2 Å². The van der Waals surface area contributed by atoms with Crippen molar-refractivity contribution in [3.63, 3.8) is 0 Å². The van der Waals surface area contributed by atoms with Gasteiger partial charge in [0, 0.05) is 12.6 Å². The number of thioether (sulfide) groups is 1. The number of ether oxygens (including phenoxy) is 1. The molecule has 2 aromatic rings. The van der Waals surface area contributed by atoms with Crippen molar-refractivity contribution in [3.05, 3.63) is 29.3 Å². The number of amides is 1. The van der Waals surface area contributed by atoms with Crippen molar-refractivity contribution in [1.29, 1.82) is 0 Å². The maximum Gasteiger partial charge on any atom is 0.316 e. The molecule has 0 saturated carbocycles. The predicted octanol–water partition coefficient (Wildman–Crippen LogP) is 2.32. The summed E-state index contributed by atoms with van der Waals surface area (Å²) < 4.78 is 6.78. The van der Waals surface area contributed by atoms with Gasteiger partial charge in [0.05, 0.1) is 11.4 Å². The van der Waals surface area contributed by atoms with Crippen molar-refractivity contribution >= 4 is 23.6 Å². The maximum atomic E-state index is 12.3. The third kappa shape index (κ3) is 4.89. The minimum absolute atomic E-state index is 0.0358. The van der Waals surface area contributed by atoms with E-state index in [1.165, 1.54) is 11.8 Å². The molecular formula is C19H25N5O3S. The normalized spacial score (nSPS) is 16.8. The summed E-state index contributed by atoms with van der Waals surface area (Å²) in [4.78, 5) is 26.1. The van der Waals surface area contributed by atoms with Crippen molar-refractivity contribution in [1.82, 2.24) is 25.1 Å². The standard InChI is InChI=1S/C19H25N5O3S/c1-13-7-8-14(2)16(10-13)24-19(20-21-22-24)28-12-18(26)27-11-17(25)23-9-5-4-6-15(23)3/h7-8,10,15H,4-6,9,11-12H2,1-3H3/t15-/m1/s1. The number of carbonyl (C=O) groups excluding carboxylic acids is 2. The van der Waals surface area contributed by atoms with Crippen molar-refractivity contribution < 1.29 is 14.3 Å². The summed E-state index contributed by atoms with van der Waals surface area (Å²) in [6.45, 7) is 6.52. The molecule has 1 aromatic carbocycles. The molecular weight excluding hydrogens is 378 g/mol. The Hall–Kier alpha value is -2.42. The van der Waals surface area contributed by atoms with Crippen LogP contribution in [0.2, 0.25) is 0 Å². The molecule has 0 unspecified atom stereocenters. The van der Waals surface area contributed by atoms with Crippen LogP contribution in [-0.2, 0) is 14.3 Å². The minimum Gasteiger partial charge on any atom is -0.455 e. The first-order valence-corrected chi connectivity index (χ1v) is 10.4. The largest absolute Gasteiger partial charge is 0.455 e. The molecule has 1 saturated heterocycles. The Balaban J connectivity index is 1.54. The van der Waals surface area contributed by atoms with Gasteiger partial charge in [0.15, 0.2) is 6.61 Å². The molecule has 28 heavy (non-hydrogen) atoms. The highest BCUT2D eigenvalue weighted by molar-refractivity contribution is 7.99. The van der Waals surface area contributed by atoms with Crippen LogP contribution in [0, 0.1) is 13.8 Å². The summed E-state index contributed by atoms with van der Waals surface area (Å²) in [6, 6.07) is 6.22. The van der Waals surface area contributed by atoms with E-state index in [4.69, 9.17) is 4.74 Å². The maximum absolute atomic E-state index is 12.3. The number of benzene rings is 1. The van der Waals surface area contributed by atoms with E-state index in [2.05, 4.69) is 15.5 Å². The second-order valence-electron chi connectivity index (χ2n) is 7.04. The van der Waals surface area contributed by atoms with Crippen LogP contribution in [0.5, 0.6) is 0 Å². The number of aryl methyl sites for hydroxylation is 2. The molecule has 0 aliphatic carbocycles. The lowest BCUT2D eigenvalue weighted by molar-refractivity contribution is -0.151. The van der Waals surface area contributed by atoms with Gasteiger partial charge < -0.3 is 9.64 Å². The Kier molecular flexibility index (Phi) is 6.66. The van der Waals surface area contributed by atoms with E-state index in [0.29, 0.717) is 5.16 Å². The van der Waals surface area contributed by atoms with E-state index in [0.717, 1.165) is 42.6 Å². The lowest BCUT2D eigenvalue weighted by Crippen LogP contribution is -2.44. The van der Waals surface area contributed by atoms with E-state index >= 15 is 0 Å². The number of tetrazole rings is 1. The molecule has 0 spiro atoms. The Morgan fingerprint density at radius 2 is 2.11 bits per heavy atom. The fraction of sp³-hybridized carbons (Fsp3) is 0.526. The molecule has 2 heterocycles. The van der Waals surface area contributed by atoms with Gasteiger partial charge in [0.25, 0.3) is 5.91 Å². The molecule has 0 bridgehead atoms. The van der Waals surface area contributed by atoms with Gasteiger partial charge in [-0.2, -0.15) is 4.68 Å². The molecule has 150 valence electrons. The molecule has 0 N–H and O–H groups in total. The van der Waals surface area contributed by atoms with E-state index in [1.807, 2.05) is 39.0 Å². The topological polar surface area (TPSA) is 90.2 Å². The summed E-state index contributed by atoms with van der Waals surface area (Å²) >= 11 is 1.19. The molecule has 1 amide bonds. The van der Waals surface area contributed by atoms with Crippen LogP contribution in [-0.4, -0.2) is 61.9 Å². The molecule has 8 nitrogen and oxygen atoms in total. The number of rotatable bonds is 6. The summed E-state index contributed by atoms with van der Waals surface area (Å²) in [5.41, 5.74) is 3.00. The van der Waals surface area contributed by atoms with Gasteiger partial charge in [0.2, 0.25) is 5.16 Å². The van der Waals surface area contributed by atoms with Crippen LogP contribution >= 0.6 is 11.8 Å². The van der Waals surface area contributed by atoms with Gasteiger partial charge in [-0.15, -0.1) is 5.10 Å². The molecule has 1 fully saturated rings. The summed E-state index contributed by atoms with van der Waals surface area (Å²) in [6.07, 6.45) is 3.13. The van der Waals surface area contributed by atoms with Gasteiger partial charge in [-0.25, -0.2) is 0 Å². The summed E-state index contributed by atoms with van der Waals surface area (Å²) in [5.74, 6) is -0.557. The fourth-order valence-electron chi connectivity index (χ4n) is 3.23. The highest BCUT2D eigenvalue weighted by Gasteiger charge is 2.24. The summed E-state index contributed by atoms with van der Waals surface area (Å²) in [7, 11) is 0. The highest BCUT2D eigenvalue weighted by Crippen LogP contribution is 2.22. The molecule has 1 atom stereocenters. The van der Waals surface area contributed by atoms with Gasteiger partial charge in [-0.3, -0.25) is 9.59 Å². The molecule has 0 radical (unpaired) electrons. The Morgan fingerprint density at radius 3 is 2.89 bits per heavy atom. The van der Waals surface area contributed by atoms with Crippen LogP contribution in [0.3, 0.4) is 0 Å². The summed E-state index contributed by atoms with van der Waals surface area (Å²) in [5, 5.41) is 12.2.